The Hall–Kier alpha value is -2.51. The number of amides is 4. The maximum Gasteiger partial charge on any atom is 0.325 e. The molecular formula is C15H15F2N3O3. The summed E-state index contributed by atoms with van der Waals surface area (Å²) in [5.41, 5.74) is -0.961. The molecular weight excluding hydrogens is 308 g/mol. The van der Waals surface area contributed by atoms with Crippen molar-refractivity contribution in [2.24, 2.45) is 0 Å². The Morgan fingerprint density at radius 2 is 1.78 bits per heavy atom. The van der Waals surface area contributed by atoms with Crippen LogP contribution in [0.1, 0.15) is 25.7 Å². The molecule has 4 amide bonds. The highest BCUT2D eigenvalue weighted by molar-refractivity contribution is 6.10. The summed E-state index contributed by atoms with van der Waals surface area (Å²) >= 11 is 0. The zero-order valence-corrected chi connectivity index (χ0v) is 12.2. The fourth-order valence-corrected chi connectivity index (χ4v) is 3.11. The Labute approximate surface area is 130 Å². The number of hydrogen-bond acceptors (Lipinski definition) is 3. The highest BCUT2D eigenvalue weighted by Gasteiger charge is 2.52. The van der Waals surface area contributed by atoms with Crippen LogP contribution in [0.15, 0.2) is 18.2 Å². The number of benzene rings is 1. The van der Waals surface area contributed by atoms with Crippen LogP contribution in [0.2, 0.25) is 0 Å². The first-order valence-corrected chi connectivity index (χ1v) is 7.30. The van der Waals surface area contributed by atoms with Gasteiger partial charge in [0.05, 0.1) is 0 Å². The first-order chi connectivity index (χ1) is 10.9. The Kier molecular flexibility index (Phi) is 3.75. The van der Waals surface area contributed by atoms with E-state index >= 15 is 0 Å². The van der Waals surface area contributed by atoms with E-state index in [-0.39, 0.29) is 5.69 Å². The fraction of sp³-hybridized carbons (Fsp3) is 0.400. The molecule has 2 aliphatic rings. The second-order valence-corrected chi connectivity index (χ2v) is 5.82. The van der Waals surface area contributed by atoms with E-state index in [0.717, 1.165) is 29.9 Å². The van der Waals surface area contributed by atoms with Gasteiger partial charge in [0.2, 0.25) is 5.91 Å². The quantitative estimate of drug-likeness (QED) is 0.832. The minimum atomic E-state index is -0.887. The van der Waals surface area contributed by atoms with E-state index in [4.69, 9.17) is 0 Å². The molecule has 1 saturated heterocycles. The third-order valence-electron chi connectivity index (χ3n) is 4.15. The molecule has 1 aromatic rings. The molecule has 1 spiro atoms. The molecule has 122 valence electrons. The van der Waals surface area contributed by atoms with Crippen molar-refractivity contribution in [1.82, 2.24) is 10.2 Å². The molecule has 6 nitrogen and oxygen atoms in total. The molecule has 0 unspecified atom stereocenters. The molecule has 1 aliphatic heterocycles. The van der Waals surface area contributed by atoms with E-state index in [1.807, 2.05) is 0 Å². The smallest absolute Gasteiger partial charge is 0.324 e. The van der Waals surface area contributed by atoms with Crippen LogP contribution in [0.4, 0.5) is 19.3 Å². The van der Waals surface area contributed by atoms with Crippen molar-refractivity contribution in [1.29, 1.82) is 0 Å². The summed E-state index contributed by atoms with van der Waals surface area (Å²) in [5, 5.41) is 4.93. The predicted molar refractivity (Wildman–Crippen MR) is 76.4 cm³/mol. The van der Waals surface area contributed by atoms with E-state index < -0.39 is 41.6 Å². The second kappa shape index (κ2) is 5.60. The van der Waals surface area contributed by atoms with Gasteiger partial charge in [-0.15, -0.1) is 0 Å². The van der Waals surface area contributed by atoms with Gasteiger partial charge in [0.15, 0.2) is 0 Å². The molecule has 0 aromatic heterocycles. The van der Waals surface area contributed by atoms with Crippen molar-refractivity contribution in [3.63, 3.8) is 0 Å². The summed E-state index contributed by atoms with van der Waals surface area (Å²) in [6.45, 7) is -0.495. The first kappa shape index (κ1) is 15.4. The van der Waals surface area contributed by atoms with Gasteiger partial charge in [0.1, 0.15) is 23.7 Å². The van der Waals surface area contributed by atoms with Gasteiger partial charge in [-0.05, 0) is 25.0 Å². The molecule has 1 heterocycles. The maximum absolute atomic E-state index is 13.1. The average Bonchev–Trinajstić information content (AvgIpc) is 2.99. The number of anilines is 1. The van der Waals surface area contributed by atoms with Crippen LogP contribution in [0, 0.1) is 11.6 Å². The van der Waals surface area contributed by atoms with Gasteiger partial charge in [0, 0.05) is 11.8 Å². The third kappa shape index (κ3) is 2.88. The van der Waals surface area contributed by atoms with Gasteiger partial charge in [0.25, 0.3) is 5.91 Å². The molecule has 0 radical (unpaired) electrons. The van der Waals surface area contributed by atoms with E-state index in [1.165, 1.54) is 0 Å². The summed E-state index contributed by atoms with van der Waals surface area (Å²) < 4.78 is 26.2. The van der Waals surface area contributed by atoms with Crippen molar-refractivity contribution in [2.75, 3.05) is 11.9 Å². The van der Waals surface area contributed by atoms with E-state index in [9.17, 15) is 23.2 Å². The van der Waals surface area contributed by atoms with Crippen molar-refractivity contribution in [3.05, 3.63) is 29.8 Å². The number of hydrogen-bond donors (Lipinski definition) is 2. The SMILES string of the molecule is O=C(CN1C(=O)NC2(CCCC2)C1=O)Nc1cc(F)cc(F)c1. The fourth-order valence-electron chi connectivity index (χ4n) is 3.11. The van der Waals surface area contributed by atoms with Crippen LogP contribution < -0.4 is 10.6 Å². The first-order valence-electron chi connectivity index (χ1n) is 7.30. The molecule has 1 aliphatic carbocycles. The summed E-state index contributed by atoms with van der Waals surface area (Å²) in [7, 11) is 0. The highest BCUT2D eigenvalue weighted by atomic mass is 19.1. The standard InChI is InChI=1S/C15H15F2N3O3/c16-9-5-10(17)7-11(6-9)18-12(21)8-20-13(22)15(19-14(20)23)3-1-2-4-15/h5-7H,1-4,8H2,(H,18,21)(H,19,23). The third-order valence-corrected chi connectivity index (χ3v) is 4.15. The van der Waals surface area contributed by atoms with Gasteiger partial charge in [-0.25, -0.2) is 13.6 Å². The molecule has 3 rings (SSSR count). The zero-order chi connectivity index (χ0) is 16.6. The van der Waals surface area contributed by atoms with Crippen LogP contribution in [0.25, 0.3) is 0 Å². The molecule has 2 fully saturated rings. The summed E-state index contributed by atoms with van der Waals surface area (Å²) in [5.74, 6) is -2.78. The number of imide groups is 1. The number of nitrogens with zero attached hydrogens (tertiary/aromatic N) is 1. The van der Waals surface area contributed by atoms with E-state index in [0.29, 0.717) is 18.9 Å². The van der Waals surface area contributed by atoms with Crippen LogP contribution in [-0.4, -0.2) is 34.8 Å². The van der Waals surface area contributed by atoms with Gasteiger partial charge in [-0.3, -0.25) is 14.5 Å². The Morgan fingerprint density at radius 3 is 2.39 bits per heavy atom. The highest BCUT2D eigenvalue weighted by Crippen LogP contribution is 2.34. The summed E-state index contributed by atoms with van der Waals surface area (Å²) in [4.78, 5) is 37.1. The topological polar surface area (TPSA) is 78.5 Å². The van der Waals surface area contributed by atoms with Crippen molar-refractivity contribution in [2.45, 2.75) is 31.2 Å². The summed E-state index contributed by atoms with van der Waals surface area (Å²) in [6, 6.07) is 1.96. The Balaban J connectivity index is 1.68. The minimum Gasteiger partial charge on any atom is -0.324 e. The largest absolute Gasteiger partial charge is 0.325 e. The van der Waals surface area contributed by atoms with E-state index in [2.05, 4.69) is 10.6 Å². The van der Waals surface area contributed by atoms with Crippen LogP contribution >= 0.6 is 0 Å². The lowest BCUT2D eigenvalue weighted by atomic mass is 9.98. The number of halogens is 2. The Morgan fingerprint density at radius 1 is 1.17 bits per heavy atom. The lowest BCUT2D eigenvalue weighted by Gasteiger charge is -2.19. The van der Waals surface area contributed by atoms with Gasteiger partial charge < -0.3 is 10.6 Å². The number of carbonyl (C=O) groups is 3. The molecule has 0 bridgehead atoms. The van der Waals surface area contributed by atoms with Crippen molar-refractivity contribution < 1.29 is 23.2 Å². The van der Waals surface area contributed by atoms with Crippen molar-refractivity contribution >= 4 is 23.5 Å². The molecule has 1 saturated carbocycles. The lowest BCUT2D eigenvalue weighted by Crippen LogP contribution is -2.44. The zero-order valence-electron chi connectivity index (χ0n) is 12.2. The van der Waals surface area contributed by atoms with Crippen LogP contribution in [0.3, 0.4) is 0 Å². The summed E-state index contributed by atoms with van der Waals surface area (Å²) in [6.07, 6.45) is 2.80. The van der Waals surface area contributed by atoms with Crippen LogP contribution in [0.5, 0.6) is 0 Å². The van der Waals surface area contributed by atoms with Gasteiger partial charge in [-0.1, -0.05) is 12.8 Å². The molecule has 8 heteroatoms. The molecule has 2 N–H and O–H groups in total. The Bertz CT molecular complexity index is 666. The maximum atomic E-state index is 13.1. The molecule has 1 aromatic carbocycles. The van der Waals surface area contributed by atoms with Crippen LogP contribution in [-0.2, 0) is 9.59 Å². The van der Waals surface area contributed by atoms with Gasteiger partial charge in [-0.2, -0.15) is 0 Å². The molecule has 0 atom stereocenters. The molecule has 23 heavy (non-hydrogen) atoms. The number of nitrogens with one attached hydrogen (secondary N) is 2. The lowest BCUT2D eigenvalue weighted by molar-refractivity contribution is -0.133. The second-order valence-electron chi connectivity index (χ2n) is 5.82. The number of rotatable bonds is 3. The van der Waals surface area contributed by atoms with E-state index in [1.54, 1.807) is 0 Å². The van der Waals surface area contributed by atoms with Gasteiger partial charge >= 0.3 is 6.03 Å². The monoisotopic (exact) mass is 323 g/mol. The normalized spacial score (nSPS) is 19.3. The van der Waals surface area contributed by atoms with Crippen molar-refractivity contribution in [3.8, 4) is 0 Å². The predicted octanol–water partition coefficient (Wildman–Crippen LogP) is 1.77. The average molecular weight is 323 g/mol. The number of carbonyl (C=O) groups excluding carboxylic acids is 3. The minimum absolute atomic E-state index is 0.0740. The number of urea groups is 1.